The van der Waals surface area contributed by atoms with E-state index in [4.69, 9.17) is 0 Å². The highest BCUT2D eigenvalue weighted by Crippen LogP contribution is 2.18. The van der Waals surface area contributed by atoms with Crippen LogP contribution in [-0.4, -0.2) is 42.4 Å². The van der Waals surface area contributed by atoms with E-state index in [9.17, 15) is 9.59 Å². The Morgan fingerprint density at radius 2 is 1.74 bits per heavy atom. The minimum Gasteiger partial charge on any atom is -0.354 e. The number of nitrogens with one attached hydrogen (secondary N) is 2. The molecule has 2 aromatic rings. The molecule has 1 aliphatic heterocycles. The zero-order valence-corrected chi connectivity index (χ0v) is 15.8. The molecule has 1 unspecified atom stereocenters. The van der Waals surface area contributed by atoms with Gasteiger partial charge in [0.15, 0.2) is 0 Å². The second-order valence-electron chi connectivity index (χ2n) is 7.00. The Morgan fingerprint density at radius 1 is 1.04 bits per heavy atom. The Bertz CT molecular complexity index is 776. The Kier molecular flexibility index (Phi) is 6.60. The van der Waals surface area contributed by atoms with E-state index in [1.54, 1.807) is 31.2 Å². The van der Waals surface area contributed by atoms with E-state index in [1.807, 2.05) is 6.07 Å². The van der Waals surface area contributed by atoms with Gasteiger partial charge in [0.1, 0.15) is 6.04 Å². The highest BCUT2D eigenvalue weighted by molar-refractivity contribution is 5.97. The van der Waals surface area contributed by atoms with Crippen LogP contribution in [0.4, 0.5) is 0 Å². The van der Waals surface area contributed by atoms with Crippen molar-refractivity contribution in [3.8, 4) is 0 Å². The zero-order chi connectivity index (χ0) is 19.1. The molecule has 1 aliphatic rings. The van der Waals surface area contributed by atoms with Crippen molar-refractivity contribution in [2.45, 2.75) is 32.4 Å². The van der Waals surface area contributed by atoms with Gasteiger partial charge in [0.2, 0.25) is 5.91 Å². The Balaban J connectivity index is 1.35. The SMILES string of the molecule is CC(NC(=O)c1ccccc1)C(=O)NCCCN1CCc2ccccc2C1. The molecule has 0 fully saturated rings. The molecule has 0 spiro atoms. The fourth-order valence-corrected chi connectivity index (χ4v) is 3.35. The van der Waals surface area contributed by atoms with Gasteiger partial charge in [0, 0.05) is 31.7 Å². The summed E-state index contributed by atoms with van der Waals surface area (Å²) in [5.41, 5.74) is 3.41. The van der Waals surface area contributed by atoms with Gasteiger partial charge in [0.05, 0.1) is 0 Å². The van der Waals surface area contributed by atoms with Gasteiger partial charge in [-0.05, 0) is 43.0 Å². The Labute approximate surface area is 160 Å². The van der Waals surface area contributed by atoms with Crippen LogP contribution >= 0.6 is 0 Å². The number of hydrogen-bond acceptors (Lipinski definition) is 3. The van der Waals surface area contributed by atoms with Crippen molar-refractivity contribution in [3.63, 3.8) is 0 Å². The molecule has 0 aromatic heterocycles. The molecule has 0 saturated heterocycles. The van der Waals surface area contributed by atoms with Crippen LogP contribution in [0.2, 0.25) is 0 Å². The van der Waals surface area contributed by atoms with E-state index in [0.717, 1.165) is 32.5 Å². The molecular weight excluding hydrogens is 338 g/mol. The number of rotatable bonds is 7. The van der Waals surface area contributed by atoms with Crippen molar-refractivity contribution < 1.29 is 9.59 Å². The third kappa shape index (κ3) is 5.41. The van der Waals surface area contributed by atoms with Crippen molar-refractivity contribution in [1.82, 2.24) is 15.5 Å². The third-order valence-electron chi connectivity index (χ3n) is 4.94. The molecule has 2 amide bonds. The van der Waals surface area contributed by atoms with Crippen LogP contribution in [0, 0.1) is 0 Å². The summed E-state index contributed by atoms with van der Waals surface area (Å²) in [7, 11) is 0. The van der Waals surface area contributed by atoms with E-state index in [1.165, 1.54) is 11.1 Å². The average Bonchev–Trinajstić information content (AvgIpc) is 2.71. The molecule has 2 N–H and O–H groups in total. The smallest absolute Gasteiger partial charge is 0.251 e. The van der Waals surface area contributed by atoms with Gasteiger partial charge in [-0.25, -0.2) is 0 Å². The summed E-state index contributed by atoms with van der Waals surface area (Å²) in [5.74, 6) is -0.381. The number of carbonyl (C=O) groups is 2. The van der Waals surface area contributed by atoms with Crippen molar-refractivity contribution in [2.75, 3.05) is 19.6 Å². The highest BCUT2D eigenvalue weighted by Gasteiger charge is 2.17. The Morgan fingerprint density at radius 3 is 2.52 bits per heavy atom. The largest absolute Gasteiger partial charge is 0.354 e. The minimum absolute atomic E-state index is 0.150. The van der Waals surface area contributed by atoms with Crippen LogP contribution in [0.3, 0.4) is 0 Å². The van der Waals surface area contributed by atoms with E-state index < -0.39 is 6.04 Å². The monoisotopic (exact) mass is 365 g/mol. The predicted molar refractivity (Wildman–Crippen MR) is 106 cm³/mol. The van der Waals surface area contributed by atoms with Gasteiger partial charge in [-0.3, -0.25) is 14.5 Å². The molecular formula is C22H27N3O2. The molecule has 0 aliphatic carbocycles. The first-order valence-corrected chi connectivity index (χ1v) is 9.56. The summed E-state index contributed by atoms with van der Waals surface area (Å²) in [4.78, 5) is 26.7. The van der Waals surface area contributed by atoms with E-state index in [0.29, 0.717) is 12.1 Å². The zero-order valence-electron chi connectivity index (χ0n) is 15.8. The summed E-state index contributed by atoms with van der Waals surface area (Å²) >= 11 is 0. The van der Waals surface area contributed by atoms with Crippen LogP contribution in [0.25, 0.3) is 0 Å². The number of benzene rings is 2. The number of fused-ring (bicyclic) bond motifs is 1. The number of carbonyl (C=O) groups excluding carboxylic acids is 2. The molecule has 27 heavy (non-hydrogen) atoms. The van der Waals surface area contributed by atoms with Gasteiger partial charge in [-0.15, -0.1) is 0 Å². The molecule has 0 bridgehead atoms. The maximum atomic E-state index is 12.2. The van der Waals surface area contributed by atoms with Crippen molar-refractivity contribution in [1.29, 1.82) is 0 Å². The van der Waals surface area contributed by atoms with Crippen molar-refractivity contribution >= 4 is 11.8 Å². The summed E-state index contributed by atoms with van der Waals surface area (Å²) in [6.45, 7) is 5.32. The van der Waals surface area contributed by atoms with Crippen LogP contribution in [0.5, 0.6) is 0 Å². The van der Waals surface area contributed by atoms with Gasteiger partial charge in [0.25, 0.3) is 5.91 Å². The highest BCUT2D eigenvalue weighted by atomic mass is 16.2. The van der Waals surface area contributed by atoms with Crippen LogP contribution in [0.15, 0.2) is 54.6 Å². The topological polar surface area (TPSA) is 61.4 Å². The van der Waals surface area contributed by atoms with Crippen LogP contribution in [0.1, 0.15) is 34.8 Å². The fraction of sp³-hybridized carbons (Fsp3) is 0.364. The summed E-state index contributed by atoms with van der Waals surface area (Å²) in [6.07, 6.45) is 1.98. The average molecular weight is 365 g/mol. The van der Waals surface area contributed by atoms with E-state index >= 15 is 0 Å². The summed E-state index contributed by atoms with van der Waals surface area (Å²) in [6, 6.07) is 17.0. The molecule has 3 rings (SSSR count). The van der Waals surface area contributed by atoms with E-state index in [2.05, 4.69) is 39.8 Å². The molecule has 1 atom stereocenters. The lowest BCUT2D eigenvalue weighted by molar-refractivity contribution is -0.122. The molecule has 0 radical (unpaired) electrons. The first kappa shape index (κ1) is 19.1. The van der Waals surface area contributed by atoms with Gasteiger partial charge in [-0.2, -0.15) is 0 Å². The van der Waals surface area contributed by atoms with Crippen LogP contribution < -0.4 is 10.6 Å². The van der Waals surface area contributed by atoms with Crippen molar-refractivity contribution in [2.24, 2.45) is 0 Å². The molecule has 5 heteroatoms. The standard InChI is InChI=1S/C22H27N3O2/c1-17(24-22(27)19-9-3-2-4-10-19)21(26)23-13-7-14-25-15-12-18-8-5-6-11-20(18)16-25/h2-6,8-11,17H,7,12-16H2,1H3,(H,23,26)(H,24,27). The molecule has 5 nitrogen and oxygen atoms in total. The van der Waals surface area contributed by atoms with Gasteiger partial charge in [-0.1, -0.05) is 42.5 Å². The van der Waals surface area contributed by atoms with Gasteiger partial charge < -0.3 is 10.6 Å². The number of nitrogens with zero attached hydrogens (tertiary/aromatic N) is 1. The maximum absolute atomic E-state index is 12.2. The normalized spacial score (nSPS) is 14.9. The summed E-state index contributed by atoms with van der Waals surface area (Å²) < 4.78 is 0. The molecule has 1 heterocycles. The maximum Gasteiger partial charge on any atom is 0.251 e. The quantitative estimate of drug-likeness (QED) is 0.741. The first-order valence-electron chi connectivity index (χ1n) is 9.56. The molecule has 142 valence electrons. The molecule has 2 aromatic carbocycles. The second kappa shape index (κ2) is 9.33. The predicted octanol–water partition coefficient (Wildman–Crippen LogP) is 2.37. The summed E-state index contributed by atoms with van der Waals surface area (Å²) in [5, 5.41) is 5.65. The van der Waals surface area contributed by atoms with Crippen LogP contribution in [-0.2, 0) is 17.8 Å². The molecule has 0 saturated carbocycles. The van der Waals surface area contributed by atoms with Crippen molar-refractivity contribution in [3.05, 3.63) is 71.3 Å². The minimum atomic E-state index is -0.556. The number of hydrogen-bond donors (Lipinski definition) is 2. The number of amides is 2. The Hall–Kier alpha value is -2.66. The lowest BCUT2D eigenvalue weighted by atomic mass is 10.00. The second-order valence-corrected chi connectivity index (χ2v) is 7.00. The van der Waals surface area contributed by atoms with E-state index in [-0.39, 0.29) is 11.8 Å². The fourth-order valence-electron chi connectivity index (χ4n) is 3.35. The van der Waals surface area contributed by atoms with Gasteiger partial charge >= 0.3 is 0 Å². The lowest BCUT2D eigenvalue weighted by Gasteiger charge is -2.28. The first-order chi connectivity index (χ1) is 13.1. The lowest BCUT2D eigenvalue weighted by Crippen LogP contribution is -2.45. The third-order valence-corrected chi connectivity index (χ3v) is 4.94.